The van der Waals surface area contributed by atoms with Crippen molar-refractivity contribution in [3.63, 3.8) is 0 Å². The van der Waals surface area contributed by atoms with E-state index >= 15 is 0 Å². The van der Waals surface area contributed by atoms with E-state index in [4.69, 9.17) is 10.5 Å². The third-order valence-corrected chi connectivity index (χ3v) is 4.69. The molecule has 1 heterocycles. The number of ether oxygens (including phenoxy) is 1. The molecule has 0 amide bonds. The number of rotatable bonds is 5. The highest BCUT2D eigenvalue weighted by molar-refractivity contribution is 5.42. The van der Waals surface area contributed by atoms with Crippen molar-refractivity contribution < 1.29 is 4.74 Å². The van der Waals surface area contributed by atoms with Crippen LogP contribution in [-0.4, -0.2) is 13.2 Å². The van der Waals surface area contributed by atoms with Crippen molar-refractivity contribution in [2.45, 2.75) is 58.9 Å². The molecule has 1 aliphatic heterocycles. The lowest BCUT2D eigenvalue weighted by Crippen LogP contribution is -2.29. The lowest BCUT2D eigenvalue weighted by Gasteiger charge is -2.31. The average molecular weight is 275 g/mol. The molecule has 0 radical (unpaired) electrons. The number of aryl methyl sites for hydroxylation is 3. The van der Waals surface area contributed by atoms with Gasteiger partial charge in [-0.15, -0.1) is 0 Å². The van der Waals surface area contributed by atoms with Crippen LogP contribution in [0.5, 0.6) is 0 Å². The zero-order chi connectivity index (χ0) is 14.5. The fourth-order valence-corrected chi connectivity index (χ4v) is 3.38. The van der Waals surface area contributed by atoms with E-state index in [2.05, 4.69) is 32.9 Å². The van der Waals surface area contributed by atoms with Crippen molar-refractivity contribution in [3.05, 3.63) is 34.4 Å². The van der Waals surface area contributed by atoms with Crippen molar-refractivity contribution in [1.82, 2.24) is 0 Å². The summed E-state index contributed by atoms with van der Waals surface area (Å²) in [7, 11) is 0. The van der Waals surface area contributed by atoms with Crippen LogP contribution in [0, 0.1) is 5.92 Å². The summed E-state index contributed by atoms with van der Waals surface area (Å²) >= 11 is 0. The van der Waals surface area contributed by atoms with Crippen LogP contribution in [0.3, 0.4) is 0 Å². The summed E-state index contributed by atoms with van der Waals surface area (Å²) in [5.74, 6) is 0.576. The molecule has 1 aromatic rings. The first kappa shape index (κ1) is 15.5. The Kier molecular flexibility index (Phi) is 5.62. The molecule has 112 valence electrons. The largest absolute Gasteiger partial charge is 0.381 e. The van der Waals surface area contributed by atoms with Crippen LogP contribution >= 0.6 is 0 Å². The van der Waals surface area contributed by atoms with Gasteiger partial charge in [0.25, 0.3) is 0 Å². The Morgan fingerprint density at radius 2 is 1.60 bits per heavy atom. The molecule has 1 atom stereocenters. The van der Waals surface area contributed by atoms with Gasteiger partial charge < -0.3 is 10.5 Å². The molecule has 2 heteroatoms. The molecule has 2 rings (SSSR count). The van der Waals surface area contributed by atoms with Crippen LogP contribution in [0.25, 0.3) is 0 Å². The van der Waals surface area contributed by atoms with Crippen LogP contribution in [0.4, 0.5) is 0 Å². The molecule has 1 aliphatic rings. The van der Waals surface area contributed by atoms with E-state index in [1.807, 2.05) is 0 Å². The first-order valence-electron chi connectivity index (χ1n) is 8.19. The summed E-state index contributed by atoms with van der Waals surface area (Å²) in [6.07, 6.45) is 5.46. The van der Waals surface area contributed by atoms with Gasteiger partial charge in [0.15, 0.2) is 0 Å². The van der Waals surface area contributed by atoms with E-state index < -0.39 is 0 Å². The Balaban J connectivity index is 2.36. The third-order valence-electron chi connectivity index (χ3n) is 4.69. The summed E-state index contributed by atoms with van der Waals surface area (Å²) < 4.78 is 5.48. The molecule has 0 aromatic heterocycles. The van der Waals surface area contributed by atoms with E-state index in [1.54, 1.807) is 0 Å². The molecule has 1 saturated heterocycles. The van der Waals surface area contributed by atoms with Gasteiger partial charge in [-0.2, -0.15) is 0 Å². The summed E-state index contributed by atoms with van der Waals surface area (Å²) in [5, 5.41) is 0. The van der Waals surface area contributed by atoms with Gasteiger partial charge in [-0.3, -0.25) is 0 Å². The lowest BCUT2D eigenvalue weighted by atomic mass is 9.81. The van der Waals surface area contributed by atoms with Crippen molar-refractivity contribution in [1.29, 1.82) is 0 Å². The van der Waals surface area contributed by atoms with Gasteiger partial charge in [-0.1, -0.05) is 32.9 Å². The molecule has 20 heavy (non-hydrogen) atoms. The van der Waals surface area contributed by atoms with Crippen molar-refractivity contribution in [3.8, 4) is 0 Å². The molecular weight excluding hydrogens is 246 g/mol. The van der Waals surface area contributed by atoms with Gasteiger partial charge >= 0.3 is 0 Å². The first-order chi connectivity index (χ1) is 9.71. The second-order valence-corrected chi connectivity index (χ2v) is 5.86. The molecule has 0 aliphatic carbocycles. The summed E-state index contributed by atoms with van der Waals surface area (Å²) in [6.45, 7) is 8.46. The smallest absolute Gasteiger partial charge is 0.0469 e. The lowest BCUT2D eigenvalue weighted by molar-refractivity contribution is 0.0582. The minimum Gasteiger partial charge on any atom is -0.381 e. The summed E-state index contributed by atoms with van der Waals surface area (Å²) in [6, 6.07) is 4.91. The Hall–Kier alpha value is -0.860. The molecule has 1 unspecified atom stereocenters. The van der Waals surface area contributed by atoms with Crippen LogP contribution < -0.4 is 5.73 Å². The third kappa shape index (κ3) is 3.24. The fraction of sp³-hybridized carbons (Fsp3) is 0.667. The Morgan fingerprint density at radius 3 is 2.05 bits per heavy atom. The zero-order valence-electron chi connectivity index (χ0n) is 13.2. The highest BCUT2D eigenvalue weighted by Crippen LogP contribution is 2.33. The van der Waals surface area contributed by atoms with Gasteiger partial charge in [-0.05, 0) is 60.3 Å². The molecule has 1 aromatic carbocycles. The minimum atomic E-state index is 0.176. The Bertz CT molecular complexity index is 410. The number of hydrogen-bond acceptors (Lipinski definition) is 2. The maximum atomic E-state index is 6.66. The van der Waals surface area contributed by atoms with Gasteiger partial charge in [0, 0.05) is 19.3 Å². The van der Waals surface area contributed by atoms with E-state index in [0.717, 1.165) is 45.3 Å². The van der Waals surface area contributed by atoms with Crippen molar-refractivity contribution >= 4 is 0 Å². The predicted octanol–water partition coefficient (Wildman–Crippen LogP) is 3.80. The second kappa shape index (κ2) is 7.24. The van der Waals surface area contributed by atoms with Gasteiger partial charge in [0.1, 0.15) is 0 Å². The molecule has 1 fully saturated rings. The SMILES string of the molecule is CCc1cc(CC)c(C(N)C2CCOCC2)c(CC)c1. The van der Waals surface area contributed by atoms with E-state index in [9.17, 15) is 0 Å². The Morgan fingerprint density at radius 1 is 1.05 bits per heavy atom. The number of benzene rings is 1. The molecule has 2 N–H and O–H groups in total. The van der Waals surface area contributed by atoms with Crippen LogP contribution in [0.1, 0.15) is 61.9 Å². The summed E-state index contributed by atoms with van der Waals surface area (Å²) in [5.41, 5.74) is 12.5. The average Bonchev–Trinajstić information content (AvgIpc) is 2.53. The highest BCUT2D eigenvalue weighted by Gasteiger charge is 2.25. The topological polar surface area (TPSA) is 35.2 Å². The van der Waals surface area contributed by atoms with E-state index in [1.165, 1.54) is 22.3 Å². The van der Waals surface area contributed by atoms with Crippen LogP contribution in [0.15, 0.2) is 12.1 Å². The Labute approximate surface area is 123 Å². The molecule has 2 nitrogen and oxygen atoms in total. The quantitative estimate of drug-likeness (QED) is 0.887. The standard InChI is InChI=1S/C18H29NO/c1-4-13-11-14(5-2)17(15(6-3)12-13)18(19)16-7-9-20-10-8-16/h11-12,16,18H,4-10,19H2,1-3H3. The molecule has 0 spiro atoms. The number of hydrogen-bond donors (Lipinski definition) is 1. The van der Waals surface area contributed by atoms with Crippen LogP contribution in [0.2, 0.25) is 0 Å². The monoisotopic (exact) mass is 275 g/mol. The first-order valence-corrected chi connectivity index (χ1v) is 8.19. The normalized spacial score (nSPS) is 18.2. The van der Waals surface area contributed by atoms with Crippen LogP contribution in [-0.2, 0) is 24.0 Å². The van der Waals surface area contributed by atoms with Gasteiger partial charge in [0.2, 0.25) is 0 Å². The maximum absolute atomic E-state index is 6.66. The van der Waals surface area contributed by atoms with Crippen molar-refractivity contribution in [2.24, 2.45) is 11.7 Å². The summed E-state index contributed by atoms with van der Waals surface area (Å²) in [4.78, 5) is 0. The maximum Gasteiger partial charge on any atom is 0.0469 e. The second-order valence-electron chi connectivity index (χ2n) is 5.86. The highest BCUT2D eigenvalue weighted by atomic mass is 16.5. The van der Waals surface area contributed by atoms with E-state index in [-0.39, 0.29) is 6.04 Å². The molecule has 0 saturated carbocycles. The molecular formula is C18H29NO. The van der Waals surface area contributed by atoms with E-state index in [0.29, 0.717) is 5.92 Å². The van der Waals surface area contributed by atoms with Crippen molar-refractivity contribution in [2.75, 3.05) is 13.2 Å². The predicted molar refractivity (Wildman–Crippen MR) is 85.0 cm³/mol. The zero-order valence-corrected chi connectivity index (χ0v) is 13.2. The van der Waals surface area contributed by atoms with Gasteiger partial charge in [0.05, 0.1) is 0 Å². The van der Waals surface area contributed by atoms with Gasteiger partial charge in [-0.25, -0.2) is 0 Å². The fourth-order valence-electron chi connectivity index (χ4n) is 3.38. The molecule has 0 bridgehead atoms. The minimum absolute atomic E-state index is 0.176. The number of nitrogens with two attached hydrogens (primary N) is 1.